The Labute approximate surface area is 123 Å². The van der Waals surface area contributed by atoms with Crippen molar-refractivity contribution in [1.82, 2.24) is 15.3 Å². The summed E-state index contributed by atoms with van der Waals surface area (Å²) in [7, 11) is 0. The van der Waals surface area contributed by atoms with Gasteiger partial charge < -0.3 is 5.32 Å². The topological polar surface area (TPSA) is 37.8 Å². The first kappa shape index (κ1) is 15.4. The summed E-state index contributed by atoms with van der Waals surface area (Å²) in [4.78, 5) is 9.07. The van der Waals surface area contributed by atoms with Crippen LogP contribution in [0.1, 0.15) is 63.9 Å². The molecule has 1 N–H and O–H groups in total. The van der Waals surface area contributed by atoms with Crippen LogP contribution in [0.25, 0.3) is 0 Å². The quantitative estimate of drug-likeness (QED) is 0.885. The number of rotatable bonds is 5. The van der Waals surface area contributed by atoms with E-state index in [0.717, 1.165) is 36.2 Å². The summed E-state index contributed by atoms with van der Waals surface area (Å²) >= 11 is 0. The van der Waals surface area contributed by atoms with Gasteiger partial charge in [-0.2, -0.15) is 0 Å². The molecule has 0 spiro atoms. The van der Waals surface area contributed by atoms with Crippen LogP contribution < -0.4 is 5.32 Å². The van der Waals surface area contributed by atoms with E-state index in [0.29, 0.717) is 12.0 Å². The molecule has 2 rings (SSSR count). The van der Waals surface area contributed by atoms with Gasteiger partial charge in [0.25, 0.3) is 0 Å². The zero-order chi connectivity index (χ0) is 14.5. The minimum absolute atomic E-state index is 0.369. The van der Waals surface area contributed by atoms with Gasteiger partial charge in [0.1, 0.15) is 0 Å². The van der Waals surface area contributed by atoms with E-state index in [1.165, 1.54) is 19.3 Å². The number of aryl methyl sites for hydroxylation is 1. The standard InChI is InChI=1S/C17H29N3/c1-5-6-18-17(16-11-19-14(4)10-20-16)15-8-12(2)7-13(3)9-15/h10-13,15,17-18H,5-9H2,1-4H3. The number of hydrogen-bond donors (Lipinski definition) is 1. The van der Waals surface area contributed by atoms with Gasteiger partial charge in [0.15, 0.2) is 0 Å². The third-order valence-corrected chi connectivity index (χ3v) is 4.42. The molecule has 1 aromatic rings. The van der Waals surface area contributed by atoms with Gasteiger partial charge >= 0.3 is 0 Å². The van der Waals surface area contributed by atoms with Crippen LogP contribution >= 0.6 is 0 Å². The fourth-order valence-electron chi connectivity index (χ4n) is 3.66. The summed E-state index contributed by atoms with van der Waals surface area (Å²) in [5.41, 5.74) is 2.11. The predicted octanol–water partition coefficient (Wildman–Crippen LogP) is 3.90. The van der Waals surface area contributed by atoms with E-state index in [2.05, 4.69) is 36.1 Å². The van der Waals surface area contributed by atoms with Gasteiger partial charge in [-0.15, -0.1) is 0 Å². The van der Waals surface area contributed by atoms with Gasteiger partial charge in [-0.1, -0.05) is 20.8 Å². The molecule has 0 aromatic carbocycles. The average molecular weight is 275 g/mol. The molecule has 1 aliphatic rings. The number of nitrogens with one attached hydrogen (secondary N) is 1. The van der Waals surface area contributed by atoms with E-state index in [9.17, 15) is 0 Å². The Balaban J connectivity index is 2.15. The summed E-state index contributed by atoms with van der Waals surface area (Å²) in [6, 6.07) is 0.369. The molecule has 20 heavy (non-hydrogen) atoms. The monoisotopic (exact) mass is 275 g/mol. The van der Waals surface area contributed by atoms with Crippen molar-refractivity contribution in [1.29, 1.82) is 0 Å². The lowest BCUT2D eigenvalue weighted by Gasteiger charge is -2.36. The van der Waals surface area contributed by atoms with E-state index in [4.69, 9.17) is 0 Å². The Hall–Kier alpha value is -0.960. The van der Waals surface area contributed by atoms with Crippen LogP contribution in [0.4, 0.5) is 0 Å². The molecular weight excluding hydrogens is 246 g/mol. The number of hydrogen-bond acceptors (Lipinski definition) is 3. The smallest absolute Gasteiger partial charge is 0.0759 e. The molecule has 0 aliphatic heterocycles. The third-order valence-electron chi connectivity index (χ3n) is 4.42. The Bertz CT molecular complexity index is 391. The zero-order valence-electron chi connectivity index (χ0n) is 13.4. The Kier molecular flexibility index (Phi) is 5.53. The maximum atomic E-state index is 4.63. The van der Waals surface area contributed by atoms with Gasteiger partial charge in [0.05, 0.1) is 23.6 Å². The SMILES string of the molecule is CCCNC(c1cnc(C)cn1)C1CC(C)CC(C)C1. The van der Waals surface area contributed by atoms with Gasteiger partial charge in [-0.3, -0.25) is 9.97 Å². The zero-order valence-corrected chi connectivity index (χ0v) is 13.4. The predicted molar refractivity (Wildman–Crippen MR) is 83.5 cm³/mol. The van der Waals surface area contributed by atoms with E-state index in [-0.39, 0.29) is 0 Å². The van der Waals surface area contributed by atoms with Crippen LogP contribution in [-0.2, 0) is 0 Å². The highest BCUT2D eigenvalue weighted by atomic mass is 15.0. The van der Waals surface area contributed by atoms with Crippen molar-refractivity contribution >= 4 is 0 Å². The Morgan fingerprint density at radius 1 is 1.15 bits per heavy atom. The molecule has 1 fully saturated rings. The van der Waals surface area contributed by atoms with Crippen LogP contribution in [0.3, 0.4) is 0 Å². The van der Waals surface area contributed by atoms with E-state index in [1.807, 2.05) is 19.3 Å². The van der Waals surface area contributed by atoms with Crippen molar-refractivity contribution in [2.75, 3.05) is 6.54 Å². The fraction of sp³-hybridized carbons (Fsp3) is 0.765. The van der Waals surface area contributed by atoms with Crippen LogP contribution in [0, 0.1) is 24.7 Å². The van der Waals surface area contributed by atoms with Crippen LogP contribution in [-0.4, -0.2) is 16.5 Å². The molecule has 0 bridgehead atoms. The van der Waals surface area contributed by atoms with Gasteiger partial charge in [0, 0.05) is 6.20 Å². The van der Waals surface area contributed by atoms with E-state index < -0.39 is 0 Å². The number of aromatic nitrogens is 2. The van der Waals surface area contributed by atoms with Crippen molar-refractivity contribution in [2.45, 2.75) is 59.4 Å². The summed E-state index contributed by atoms with van der Waals surface area (Å²) in [5.74, 6) is 2.35. The lowest BCUT2D eigenvalue weighted by molar-refractivity contribution is 0.174. The highest BCUT2D eigenvalue weighted by Crippen LogP contribution is 2.39. The molecule has 112 valence electrons. The van der Waals surface area contributed by atoms with Crippen molar-refractivity contribution in [3.63, 3.8) is 0 Å². The number of nitrogens with zero attached hydrogens (tertiary/aromatic N) is 2. The van der Waals surface area contributed by atoms with Crippen LogP contribution in [0.15, 0.2) is 12.4 Å². The van der Waals surface area contributed by atoms with Crippen molar-refractivity contribution in [2.24, 2.45) is 17.8 Å². The second kappa shape index (κ2) is 7.16. The van der Waals surface area contributed by atoms with Crippen LogP contribution in [0.2, 0.25) is 0 Å². The van der Waals surface area contributed by atoms with E-state index >= 15 is 0 Å². The summed E-state index contributed by atoms with van der Waals surface area (Å²) in [5, 5.41) is 3.71. The summed E-state index contributed by atoms with van der Waals surface area (Å²) < 4.78 is 0. The lowest BCUT2D eigenvalue weighted by Crippen LogP contribution is -2.34. The molecular formula is C17H29N3. The fourth-order valence-corrected chi connectivity index (χ4v) is 3.66. The first-order valence-corrected chi connectivity index (χ1v) is 8.12. The minimum Gasteiger partial charge on any atom is -0.308 e. The summed E-state index contributed by atoms with van der Waals surface area (Å²) in [6.45, 7) is 10.0. The molecule has 1 heterocycles. The summed E-state index contributed by atoms with van der Waals surface area (Å²) in [6.07, 6.45) is 9.00. The minimum atomic E-state index is 0.369. The first-order chi connectivity index (χ1) is 9.60. The third kappa shape index (κ3) is 4.02. The molecule has 3 unspecified atom stereocenters. The Morgan fingerprint density at radius 3 is 2.40 bits per heavy atom. The lowest BCUT2D eigenvalue weighted by atomic mass is 9.73. The molecule has 3 atom stereocenters. The molecule has 1 aromatic heterocycles. The molecule has 0 amide bonds. The molecule has 3 heteroatoms. The van der Waals surface area contributed by atoms with Gasteiger partial charge in [-0.05, 0) is 56.9 Å². The average Bonchev–Trinajstić information content (AvgIpc) is 2.40. The molecule has 0 saturated heterocycles. The highest BCUT2D eigenvalue weighted by molar-refractivity contribution is 5.08. The second-order valence-electron chi connectivity index (χ2n) is 6.69. The van der Waals surface area contributed by atoms with Crippen LogP contribution in [0.5, 0.6) is 0 Å². The molecule has 0 radical (unpaired) electrons. The molecule has 3 nitrogen and oxygen atoms in total. The normalized spacial score (nSPS) is 28.3. The Morgan fingerprint density at radius 2 is 1.85 bits per heavy atom. The molecule has 1 saturated carbocycles. The first-order valence-electron chi connectivity index (χ1n) is 8.12. The maximum absolute atomic E-state index is 4.63. The van der Waals surface area contributed by atoms with E-state index in [1.54, 1.807) is 0 Å². The van der Waals surface area contributed by atoms with Crippen molar-refractivity contribution < 1.29 is 0 Å². The maximum Gasteiger partial charge on any atom is 0.0759 e. The second-order valence-corrected chi connectivity index (χ2v) is 6.69. The molecule has 1 aliphatic carbocycles. The highest BCUT2D eigenvalue weighted by Gasteiger charge is 2.31. The van der Waals surface area contributed by atoms with Gasteiger partial charge in [-0.25, -0.2) is 0 Å². The van der Waals surface area contributed by atoms with Gasteiger partial charge in [0.2, 0.25) is 0 Å². The van der Waals surface area contributed by atoms with Crippen molar-refractivity contribution in [3.05, 3.63) is 23.8 Å². The van der Waals surface area contributed by atoms with Crippen molar-refractivity contribution in [3.8, 4) is 0 Å². The largest absolute Gasteiger partial charge is 0.308 e.